The average molecular weight is 251 g/mol. The zero-order valence-corrected chi connectivity index (χ0v) is 12.0. The van der Waals surface area contributed by atoms with Crippen molar-refractivity contribution < 1.29 is 0 Å². The van der Waals surface area contributed by atoms with Crippen molar-refractivity contribution >= 4 is 5.82 Å². The summed E-state index contributed by atoms with van der Waals surface area (Å²) in [5.74, 6) is 1.29. The van der Waals surface area contributed by atoms with Crippen molar-refractivity contribution in [3.8, 4) is 0 Å². The van der Waals surface area contributed by atoms with E-state index < -0.39 is 0 Å². The van der Waals surface area contributed by atoms with Crippen LogP contribution in [0.15, 0.2) is 0 Å². The fourth-order valence-electron chi connectivity index (χ4n) is 2.56. The number of anilines is 1. The van der Waals surface area contributed by atoms with Gasteiger partial charge in [-0.15, -0.1) is 0 Å². The third kappa shape index (κ3) is 2.67. The summed E-state index contributed by atoms with van der Waals surface area (Å²) in [5, 5.41) is 8.00. The first-order chi connectivity index (χ1) is 8.63. The molecule has 1 aliphatic heterocycles. The van der Waals surface area contributed by atoms with Gasteiger partial charge in [0.1, 0.15) is 5.82 Å². The number of aryl methyl sites for hydroxylation is 2. The third-order valence-corrected chi connectivity index (χ3v) is 3.67. The minimum absolute atomic E-state index is 0.915. The van der Waals surface area contributed by atoms with Crippen LogP contribution in [0.4, 0.5) is 5.82 Å². The Morgan fingerprint density at radius 2 is 1.83 bits per heavy atom. The van der Waals surface area contributed by atoms with Gasteiger partial charge in [-0.2, -0.15) is 5.10 Å². The van der Waals surface area contributed by atoms with Crippen molar-refractivity contribution in [2.75, 3.05) is 44.7 Å². The number of piperazine rings is 1. The Balaban J connectivity index is 2.20. The van der Waals surface area contributed by atoms with Gasteiger partial charge in [0, 0.05) is 45.3 Å². The van der Waals surface area contributed by atoms with E-state index in [2.05, 4.69) is 48.2 Å². The highest BCUT2D eigenvalue weighted by molar-refractivity contribution is 5.50. The molecule has 5 heteroatoms. The molecule has 0 aliphatic carbocycles. The zero-order chi connectivity index (χ0) is 13.1. The standard InChI is InChI=1S/C13H25N5/c1-5-14-10-12-11(2)15-17(4)13(12)18-8-6-16(3)7-9-18/h14H,5-10H2,1-4H3. The van der Waals surface area contributed by atoms with Crippen LogP contribution in [0, 0.1) is 6.92 Å². The lowest BCUT2D eigenvalue weighted by Crippen LogP contribution is -2.45. The van der Waals surface area contributed by atoms with Crippen LogP contribution >= 0.6 is 0 Å². The minimum Gasteiger partial charge on any atom is -0.354 e. The fraction of sp³-hybridized carbons (Fsp3) is 0.769. The van der Waals surface area contributed by atoms with Crippen molar-refractivity contribution in [2.45, 2.75) is 20.4 Å². The molecule has 0 aromatic carbocycles. The Kier molecular flexibility index (Phi) is 4.24. The van der Waals surface area contributed by atoms with Crippen LogP contribution in [0.25, 0.3) is 0 Å². The molecule has 1 fully saturated rings. The Labute approximate surface area is 110 Å². The summed E-state index contributed by atoms with van der Waals surface area (Å²) >= 11 is 0. The molecule has 1 N–H and O–H groups in total. The molecule has 18 heavy (non-hydrogen) atoms. The highest BCUT2D eigenvalue weighted by Gasteiger charge is 2.21. The average Bonchev–Trinajstić information content (AvgIpc) is 2.62. The maximum atomic E-state index is 4.58. The van der Waals surface area contributed by atoms with Crippen molar-refractivity contribution in [3.05, 3.63) is 11.3 Å². The number of nitrogens with zero attached hydrogens (tertiary/aromatic N) is 4. The van der Waals surface area contributed by atoms with Gasteiger partial charge in [-0.25, -0.2) is 0 Å². The summed E-state index contributed by atoms with van der Waals surface area (Å²) in [5.41, 5.74) is 2.50. The van der Waals surface area contributed by atoms with Crippen LogP contribution < -0.4 is 10.2 Å². The summed E-state index contributed by atoms with van der Waals surface area (Å²) in [7, 11) is 4.24. The van der Waals surface area contributed by atoms with E-state index in [-0.39, 0.29) is 0 Å². The second kappa shape index (κ2) is 5.71. The number of hydrogen-bond donors (Lipinski definition) is 1. The van der Waals surface area contributed by atoms with E-state index in [4.69, 9.17) is 0 Å². The molecule has 0 bridgehead atoms. The quantitative estimate of drug-likeness (QED) is 0.850. The molecule has 0 radical (unpaired) electrons. The van der Waals surface area contributed by atoms with Crippen LogP contribution in [-0.4, -0.2) is 54.5 Å². The molecule has 1 aromatic heterocycles. The smallest absolute Gasteiger partial charge is 0.131 e. The van der Waals surface area contributed by atoms with Crippen molar-refractivity contribution in [1.29, 1.82) is 0 Å². The molecular weight excluding hydrogens is 226 g/mol. The number of hydrogen-bond acceptors (Lipinski definition) is 4. The maximum absolute atomic E-state index is 4.58. The molecule has 0 unspecified atom stereocenters. The second-order valence-corrected chi connectivity index (χ2v) is 5.08. The van der Waals surface area contributed by atoms with E-state index in [1.807, 2.05) is 4.68 Å². The van der Waals surface area contributed by atoms with E-state index in [1.54, 1.807) is 0 Å². The summed E-state index contributed by atoms with van der Waals surface area (Å²) in [6, 6.07) is 0. The Morgan fingerprint density at radius 3 is 2.44 bits per heavy atom. The van der Waals surface area contributed by atoms with E-state index in [0.29, 0.717) is 0 Å². The van der Waals surface area contributed by atoms with E-state index in [1.165, 1.54) is 11.4 Å². The first-order valence-corrected chi connectivity index (χ1v) is 6.80. The molecule has 2 rings (SSSR count). The van der Waals surface area contributed by atoms with Crippen molar-refractivity contribution in [3.63, 3.8) is 0 Å². The van der Waals surface area contributed by atoms with Gasteiger partial charge >= 0.3 is 0 Å². The van der Waals surface area contributed by atoms with Crippen LogP contribution in [0.5, 0.6) is 0 Å². The molecule has 5 nitrogen and oxygen atoms in total. The first kappa shape index (κ1) is 13.4. The van der Waals surface area contributed by atoms with E-state index in [9.17, 15) is 0 Å². The molecule has 0 atom stereocenters. The Hall–Kier alpha value is -1.07. The summed E-state index contributed by atoms with van der Waals surface area (Å²) in [6.07, 6.45) is 0. The molecule has 0 saturated carbocycles. The van der Waals surface area contributed by atoms with Crippen molar-refractivity contribution in [2.24, 2.45) is 7.05 Å². The minimum atomic E-state index is 0.915. The van der Waals surface area contributed by atoms with E-state index >= 15 is 0 Å². The lowest BCUT2D eigenvalue weighted by Gasteiger charge is -2.34. The SMILES string of the molecule is CCNCc1c(C)nn(C)c1N1CCN(C)CC1. The summed E-state index contributed by atoms with van der Waals surface area (Å²) < 4.78 is 2.04. The van der Waals surface area contributed by atoms with Crippen LogP contribution in [0.2, 0.25) is 0 Å². The van der Waals surface area contributed by atoms with Crippen LogP contribution in [0.1, 0.15) is 18.2 Å². The van der Waals surface area contributed by atoms with Crippen LogP contribution in [-0.2, 0) is 13.6 Å². The largest absolute Gasteiger partial charge is 0.354 e. The lowest BCUT2D eigenvalue weighted by molar-refractivity contribution is 0.310. The predicted octanol–water partition coefficient (Wildman–Crippen LogP) is 0.590. The monoisotopic (exact) mass is 251 g/mol. The number of rotatable bonds is 4. The predicted molar refractivity (Wildman–Crippen MR) is 75.0 cm³/mol. The Morgan fingerprint density at radius 1 is 1.17 bits per heavy atom. The molecule has 2 heterocycles. The molecular formula is C13H25N5. The topological polar surface area (TPSA) is 36.3 Å². The zero-order valence-electron chi connectivity index (χ0n) is 12.0. The molecule has 0 amide bonds. The van der Waals surface area contributed by atoms with Gasteiger partial charge in [0.25, 0.3) is 0 Å². The summed E-state index contributed by atoms with van der Waals surface area (Å²) in [6.45, 7) is 10.6. The maximum Gasteiger partial charge on any atom is 0.131 e. The highest BCUT2D eigenvalue weighted by Crippen LogP contribution is 2.24. The second-order valence-electron chi connectivity index (χ2n) is 5.08. The van der Waals surface area contributed by atoms with Gasteiger partial charge in [0.2, 0.25) is 0 Å². The van der Waals surface area contributed by atoms with Gasteiger partial charge in [-0.1, -0.05) is 6.92 Å². The molecule has 102 valence electrons. The third-order valence-electron chi connectivity index (χ3n) is 3.67. The number of likely N-dealkylation sites (N-methyl/N-ethyl adjacent to an activating group) is 1. The number of aromatic nitrogens is 2. The normalized spacial score (nSPS) is 17.4. The highest BCUT2D eigenvalue weighted by atomic mass is 15.4. The first-order valence-electron chi connectivity index (χ1n) is 6.80. The lowest BCUT2D eigenvalue weighted by atomic mass is 10.2. The fourth-order valence-corrected chi connectivity index (χ4v) is 2.56. The van der Waals surface area contributed by atoms with Gasteiger partial charge in [0.15, 0.2) is 0 Å². The van der Waals surface area contributed by atoms with E-state index in [0.717, 1.165) is 45.0 Å². The van der Waals surface area contributed by atoms with Gasteiger partial charge in [-0.3, -0.25) is 4.68 Å². The van der Waals surface area contributed by atoms with Gasteiger partial charge in [-0.05, 0) is 20.5 Å². The molecule has 1 saturated heterocycles. The van der Waals surface area contributed by atoms with Crippen molar-refractivity contribution in [1.82, 2.24) is 20.0 Å². The number of nitrogens with one attached hydrogen (secondary N) is 1. The molecule has 1 aromatic rings. The summed E-state index contributed by atoms with van der Waals surface area (Å²) in [4.78, 5) is 4.84. The Bertz CT molecular complexity index is 390. The molecule has 1 aliphatic rings. The van der Waals surface area contributed by atoms with Crippen LogP contribution in [0.3, 0.4) is 0 Å². The van der Waals surface area contributed by atoms with Gasteiger partial charge in [0.05, 0.1) is 5.69 Å². The molecule has 0 spiro atoms. The van der Waals surface area contributed by atoms with Gasteiger partial charge < -0.3 is 15.1 Å².